The molecule has 32 heavy (non-hydrogen) atoms. The van der Waals surface area contributed by atoms with Crippen molar-refractivity contribution in [1.29, 1.82) is 0 Å². The number of nitrogens with zero attached hydrogens (tertiary/aromatic N) is 3. The van der Waals surface area contributed by atoms with Gasteiger partial charge in [-0.25, -0.2) is 14.4 Å². The molecule has 7 nitrogen and oxygen atoms in total. The van der Waals surface area contributed by atoms with E-state index in [9.17, 15) is 9.18 Å². The van der Waals surface area contributed by atoms with Crippen molar-refractivity contribution in [3.63, 3.8) is 0 Å². The number of anilines is 2. The van der Waals surface area contributed by atoms with Crippen LogP contribution in [-0.4, -0.2) is 43.2 Å². The Balaban J connectivity index is 1.37. The van der Waals surface area contributed by atoms with E-state index in [0.717, 1.165) is 24.2 Å². The summed E-state index contributed by atoms with van der Waals surface area (Å²) in [6.45, 7) is 1.42. The Labute approximate surface area is 186 Å². The Hall–Kier alpha value is -3.68. The highest BCUT2D eigenvalue weighted by molar-refractivity contribution is 5.93. The van der Waals surface area contributed by atoms with E-state index >= 15 is 0 Å². The molecule has 1 aliphatic rings. The number of ether oxygens (including phenoxy) is 2. The predicted octanol–water partition coefficient (Wildman–Crippen LogP) is 4.16. The second kappa shape index (κ2) is 9.64. The summed E-state index contributed by atoms with van der Waals surface area (Å²) in [7, 11) is 3.14. The monoisotopic (exact) mass is 436 g/mol. The van der Waals surface area contributed by atoms with Crippen molar-refractivity contribution in [3.05, 3.63) is 60.5 Å². The number of carbonyl (C=O) groups excluding carboxylic acids is 1. The number of piperidine rings is 1. The van der Waals surface area contributed by atoms with E-state index in [2.05, 4.69) is 20.2 Å². The highest BCUT2D eigenvalue weighted by Gasteiger charge is 2.26. The zero-order valence-corrected chi connectivity index (χ0v) is 18.0. The van der Waals surface area contributed by atoms with E-state index in [4.69, 9.17) is 9.47 Å². The Morgan fingerprint density at radius 2 is 1.75 bits per heavy atom. The van der Waals surface area contributed by atoms with Gasteiger partial charge in [0.05, 0.1) is 14.2 Å². The van der Waals surface area contributed by atoms with Gasteiger partial charge in [0.15, 0.2) is 17.3 Å². The van der Waals surface area contributed by atoms with Crippen molar-refractivity contribution >= 4 is 17.4 Å². The summed E-state index contributed by atoms with van der Waals surface area (Å²) in [5, 5.41) is 2.98. The molecule has 166 valence electrons. The lowest BCUT2D eigenvalue weighted by Crippen LogP contribution is -2.38. The standard InChI is InChI=1S/C24H25FN4O3/c1-31-20-8-7-19(15-21(20)32-2)27-24(30)17-10-13-29(14-11-17)22-9-12-26-23(28-22)16-3-5-18(25)6-4-16/h3-9,12,15,17H,10-11,13-14H2,1-2H3,(H,27,30). The van der Waals surface area contributed by atoms with E-state index < -0.39 is 0 Å². The lowest BCUT2D eigenvalue weighted by Gasteiger charge is -2.32. The first-order valence-electron chi connectivity index (χ1n) is 10.4. The molecule has 3 aromatic rings. The third-order valence-electron chi connectivity index (χ3n) is 5.58. The third-order valence-corrected chi connectivity index (χ3v) is 5.58. The number of hydrogen-bond donors (Lipinski definition) is 1. The molecule has 0 saturated carbocycles. The Kier molecular flexibility index (Phi) is 6.49. The topological polar surface area (TPSA) is 76.6 Å². The number of methoxy groups -OCH3 is 2. The average Bonchev–Trinajstić information content (AvgIpc) is 2.84. The number of carbonyl (C=O) groups is 1. The number of aromatic nitrogens is 2. The molecule has 1 amide bonds. The smallest absolute Gasteiger partial charge is 0.227 e. The van der Waals surface area contributed by atoms with E-state index in [-0.39, 0.29) is 17.6 Å². The second-order valence-electron chi connectivity index (χ2n) is 7.57. The summed E-state index contributed by atoms with van der Waals surface area (Å²) in [6.07, 6.45) is 3.14. The second-order valence-corrected chi connectivity index (χ2v) is 7.57. The van der Waals surface area contributed by atoms with Crippen LogP contribution in [-0.2, 0) is 4.79 Å². The van der Waals surface area contributed by atoms with Crippen LogP contribution in [0.25, 0.3) is 11.4 Å². The fraction of sp³-hybridized carbons (Fsp3) is 0.292. The normalized spacial score (nSPS) is 14.2. The summed E-state index contributed by atoms with van der Waals surface area (Å²) >= 11 is 0. The van der Waals surface area contributed by atoms with Crippen LogP contribution >= 0.6 is 0 Å². The molecule has 0 aliphatic carbocycles. The van der Waals surface area contributed by atoms with E-state index in [1.54, 1.807) is 50.7 Å². The predicted molar refractivity (Wildman–Crippen MR) is 121 cm³/mol. The highest BCUT2D eigenvalue weighted by atomic mass is 19.1. The maximum Gasteiger partial charge on any atom is 0.227 e. The number of benzene rings is 2. The van der Waals surface area contributed by atoms with Crippen LogP contribution in [0.3, 0.4) is 0 Å². The first kappa shape index (κ1) is 21.5. The lowest BCUT2D eigenvalue weighted by molar-refractivity contribution is -0.120. The van der Waals surface area contributed by atoms with Gasteiger partial charge in [-0.05, 0) is 55.3 Å². The van der Waals surface area contributed by atoms with Gasteiger partial charge in [0.25, 0.3) is 0 Å². The highest BCUT2D eigenvalue weighted by Crippen LogP contribution is 2.31. The van der Waals surface area contributed by atoms with Gasteiger partial charge in [-0.2, -0.15) is 0 Å². The average molecular weight is 436 g/mol. The van der Waals surface area contributed by atoms with Gasteiger partial charge in [-0.15, -0.1) is 0 Å². The number of halogens is 1. The van der Waals surface area contributed by atoms with Crippen LogP contribution in [0.1, 0.15) is 12.8 Å². The summed E-state index contributed by atoms with van der Waals surface area (Å²) in [5.74, 6) is 2.15. The molecular formula is C24H25FN4O3. The number of amides is 1. The first-order valence-corrected chi connectivity index (χ1v) is 10.4. The molecule has 0 atom stereocenters. The van der Waals surface area contributed by atoms with Crippen molar-refractivity contribution < 1.29 is 18.7 Å². The van der Waals surface area contributed by atoms with Crippen molar-refractivity contribution in [2.24, 2.45) is 5.92 Å². The molecule has 0 bridgehead atoms. The molecule has 1 N–H and O–H groups in total. The van der Waals surface area contributed by atoms with Crippen LogP contribution in [0, 0.1) is 11.7 Å². The maximum atomic E-state index is 13.2. The number of nitrogens with one attached hydrogen (secondary N) is 1. The van der Waals surface area contributed by atoms with Crippen molar-refractivity contribution in [3.8, 4) is 22.9 Å². The molecule has 8 heteroatoms. The minimum Gasteiger partial charge on any atom is -0.493 e. The summed E-state index contributed by atoms with van der Waals surface area (Å²) in [6, 6.07) is 13.3. The summed E-state index contributed by atoms with van der Waals surface area (Å²) in [5.41, 5.74) is 1.44. The molecule has 1 aliphatic heterocycles. The molecular weight excluding hydrogens is 411 g/mol. The van der Waals surface area contributed by atoms with E-state index in [1.165, 1.54) is 12.1 Å². The SMILES string of the molecule is COc1ccc(NC(=O)C2CCN(c3ccnc(-c4ccc(F)cc4)n3)CC2)cc1OC. The van der Waals surface area contributed by atoms with Gasteiger partial charge in [-0.1, -0.05) is 0 Å². The quantitative estimate of drug-likeness (QED) is 0.626. The molecule has 1 fully saturated rings. The van der Waals surface area contributed by atoms with Gasteiger partial charge in [0.2, 0.25) is 5.91 Å². The van der Waals surface area contributed by atoms with Gasteiger partial charge >= 0.3 is 0 Å². The summed E-state index contributed by atoms with van der Waals surface area (Å²) in [4.78, 5) is 23.9. The van der Waals surface area contributed by atoms with Crippen LogP contribution in [0.2, 0.25) is 0 Å². The fourth-order valence-corrected chi connectivity index (χ4v) is 3.79. The molecule has 2 heterocycles. The zero-order chi connectivity index (χ0) is 22.5. The fourth-order valence-electron chi connectivity index (χ4n) is 3.79. The lowest BCUT2D eigenvalue weighted by atomic mass is 9.95. The maximum absolute atomic E-state index is 13.2. The number of hydrogen-bond acceptors (Lipinski definition) is 6. The van der Waals surface area contributed by atoms with E-state index in [1.807, 2.05) is 6.07 Å². The Morgan fingerprint density at radius 1 is 1.03 bits per heavy atom. The molecule has 2 aromatic carbocycles. The van der Waals surface area contributed by atoms with Crippen LogP contribution < -0.4 is 19.7 Å². The Morgan fingerprint density at radius 3 is 2.44 bits per heavy atom. The summed E-state index contributed by atoms with van der Waals surface area (Å²) < 4.78 is 23.7. The molecule has 1 aromatic heterocycles. The third kappa shape index (κ3) is 4.80. The molecule has 0 spiro atoms. The molecule has 1 saturated heterocycles. The molecule has 0 unspecified atom stereocenters. The minimum absolute atomic E-state index is 0.00782. The minimum atomic E-state index is -0.293. The van der Waals surface area contributed by atoms with Crippen LogP contribution in [0.4, 0.5) is 15.9 Å². The first-order chi connectivity index (χ1) is 15.6. The van der Waals surface area contributed by atoms with E-state index in [0.29, 0.717) is 36.1 Å². The Bertz CT molecular complexity index is 1080. The van der Waals surface area contributed by atoms with Gasteiger partial charge < -0.3 is 19.7 Å². The van der Waals surface area contributed by atoms with Crippen LogP contribution in [0.15, 0.2) is 54.7 Å². The molecule has 4 rings (SSSR count). The zero-order valence-electron chi connectivity index (χ0n) is 18.0. The van der Waals surface area contributed by atoms with Crippen molar-refractivity contribution in [2.45, 2.75) is 12.8 Å². The molecule has 0 radical (unpaired) electrons. The van der Waals surface area contributed by atoms with Gasteiger partial charge in [-0.3, -0.25) is 4.79 Å². The number of rotatable bonds is 6. The van der Waals surface area contributed by atoms with Crippen molar-refractivity contribution in [1.82, 2.24) is 9.97 Å². The van der Waals surface area contributed by atoms with Gasteiger partial charge in [0.1, 0.15) is 11.6 Å². The van der Waals surface area contributed by atoms with Crippen molar-refractivity contribution in [2.75, 3.05) is 37.5 Å². The van der Waals surface area contributed by atoms with Gasteiger partial charge in [0, 0.05) is 42.5 Å². The van der Waals surface area contributed by atoms with Crippen LogP contribution in [0.5, 0.6) is 11.5 Å². The largest absolute Gasteiger partial charge is 0.493 e.